The lowest BCUT2D eigenvalue weighted by Gasteiger charge is -2.15. The summed E-state index contributed by atoms with van der Waals surface area (Å²) in [6, 6.07) is 4.85. The van der Waals surface area contributed by atoms with Gasteiger partial charge in [-0.1, -0.05) is 6.07 Å². The Hall–Kier alpha value is -1.91. The molecule has 1 fully saturated rings. The van der Waals surface area contributed by atoms with Crippen LogP contribution in [0, 0.1) is 5.82 Å². The third kappa shape index (κ3) is 1.54. The largest absolute Gasteiger partial charge is 0.329 e. The molecule has 1 aromatic rings. The number of carbonyl (C=O) groups excluding carboxylic acids is 2. The number of nitrogens with one attached hydrogen (secondary N) is 1. The van der Waals surface area contributed by atoms with Gasteiger partial charge in [0.2, 0.25) is 0 Å². The number of urea groups is 1. The van der Waals surface area contributed by atoms with Crippen LogP contribution in [0.5, 0.6) is 0 Å². The van der Waals surface area contributed by atoms with E-state index in [-0.39, 0.29) is 11.6 Å². The number of nitrogens with zero attached hydrogens (tertiary/aromatic N) is 1. The standard InChI is InChI=1S/C11H11FN2O2/c1-11(2)9(15)14(10(16)13-11)8-5-3-4-7(12)6-8/h3-6H,1-2H3,(H,13,16). The van der Waals surface area contributed by atoms with E-state index in [1.165, 1.54) is 18.2 Å². The van der Waals surface area contributed by atoms with Crippen molar-refractivity contribution >= 4 is 17.6 Å². The number of halogens is 1. The molecule has 1 heterocycles. The molecule has 1 aliphatic heterocycles. The minimum absolute atomic E-state index is 0.244. The SMILES string of the molecule is CC1(C)NC(=O)N(c2cccc(F)c2)C1=O. The highest BCUT2D eigenvalue weighted by atomic mass is 19.1. The van der Waals surface area contributed by atoms with E-state index in [1.54, 1.807) is 13.8 Å². The molecule has 1 aromatic carbocycles. The van der Waals surface area contributed by atoms with Crippen LogP contribution < -0.4 is 10.2 Å². The fraction of sp³-hybridized carbons (Fsp3) is 0.273. The van der Waals surface area contributed by atoms with Gasteiger partial charge in [-0.15, -0.1) is 0 Å². The van der Waals surface area contributed by atoms with Crippen molar-refractivity contribution < 1.29 is 14.0 Å². The predicted octanol–water partition coefficient (Wildman–Crippen LogP) is 1.66. The molecule has 0 spiro atoms. The highest BCUT2D eigenvalue weighted by Gasteiger charge is 2.45. The van der Waals surface area contributed by atoms with Gasteiger partial charge in [0.1, 0.15) is 11.4 Å². The Labute approximate surface area is 92.0 Å². The number of hydrogen-bond acceptors (Lipinski definition) is 2. The van der Waals surface area contributed by atoms with Crippen molar-refractivity contribution in [1.29, 1.82) is 0 Å². The second-order valence-corrected chi connectivity index (χ2v) is 4.18. The molecule has 0 bridgehead atoms. The van der Waals surface area contributed by atoms with E-state index in [9.17, 15) is 14.0 Å². The van der Waals surface area contributed by atoms with Gasteiger partial charge >= 0.3 is 6.03 Å². The molecule has 4 nitrogen and oxygen atoms in total. The van der Waals surface area contributed by atoms with Crippen LogP contribution in [0.3, 0.4) is 0 Å². The van der Waals surface area contributed by atoms with Gasteiger partial charge in [-0.05, 0) is 32.0 Å². The van der Waals surface area contributed by atoms with Crippen molar-refractivity contribution in [3.8, 4) is 0 Å². The van der Waals surface area contributed by atoms with Crippen molar-refractivity contribution in [2.24, 2.45) is 0 Å². The van der Waals surface area contributed by atoms with Gasteiger partial charge < -0.3 is 5.32 Å². The quantitative estimate of drug-likeness (QED) is 0.734. The zero-order valence-corrected chi connectivity index (χ0v) is 8.95. The zero-order valence-electron chi connectivity index (χ0n) is 8.95. The summed E-state index contributed by atoms with van der Waals surface area (Å²) in [5.41, 5.74) is -0.697. The molecule has 2 rings (SSSR count). The van der Waals surface area contributed by atoms with E-state index in [0.29, 0.717) is 0 Å². The Bertz CT molecular complexity index is 471. The van der Waals surface area contributed by atoms with Crippen LogP contribution in [0.1, 0.15) is 13.8 Å². The summed E-state index contributed by atoms with van der Waals surface area (Å²) < 4.78 is 13.0. The Morgan fingerprint density at radius 2 is 2.00 bits per heavy atom. The van der Waals surface area contributed by atoms with Crippen LogP contribution in [0.25, 0.3) is 0 Å². The average molecular weight is 222 g/mol. The van der Waals surface area contributed by atoms with E-state index < -0.39 is 17.4 Å². The molecular formula is C11H11FN2O2. The Morgan fingerprint density at radius 1 is 1.31 bits per heavy atom. The molecule has 1 saturated heterocycles. The number of amides is 3. The van der Waals surface area contributed by atoms with Gasteiger partial charge in [0.05, 0.1) is 5.69 Å². The summed E-state index contributed by atoms with van der Waals surface area (Å²) in [5.74, 6) is -0.870. The lowest BCUT2D eigenvalue weighted by molar-refractivity contribution is -0.120. The van der Waals surface area contributed by atoms with Crippen molar-refractivity contribution in [1.82, 2.24) is 5.32 Å². The number of hydrogen-bond donors (Lipinski definition) is 1. The third-order valence-corrected chi connectivity index (χ3v) is 2.43. The Morgan fingerprint density at radius 3 is 2.50 bits per heavy atom. The Kier molecular flexibility index (Phi) is 2.18. The number of anilines is 1. The molecule has 0 atom stereocenters. The topological polar surface area (TPSA) is 49.4 Å². The van der Waals surface area contributed by atoms with Gasteiger partial charge in [-0.3, -0.25) is 4.79 Å². The molecule has 0 aromatic heterocycles. The van der Waals surface area contributed by atoms with E-state index in [2.05, 4.69) is 5.32 Å². The van der Waals surface area contributed by atoms with Crippen molar-refractivity contribution in [3.63, 3.8) is 0 Å². The summed E-state index contributed by atoms with van der Waals surface area (Å²) >= 11 is 0. The molecule has 16 heavy (non-hydrogen) atoms. The molecule has 0 saturated carbocycles. The first-order valence-corrected chi connectivity index (χ1v) is 4.84. The fourth-order valence-electron chi connectivity index (χ4n) is 1.60. The maximum absolute atomic E-state index is 13.0. The van der Waals surface area contributed by atoms with Crippen molar-refractivity contribution in [3.05, 3.63) is 30.1 Å². The number of benzene rings is 1. The van der Waals surface area contributed by atoms with Gasteiger partial charge in [0, 0.05) is 0 Å². The highest BCUT2D eigenvalue weighted by Crippen LogP contribution is 2.24. The van der Waals surface area contributed by atoms with Crippen LogP contribution in [-0.2, 0) is 4.79 Å². The number of carbonyl (C=O) groups is 2. The fourth-order valence-corrected chi connectivity index (χ4v) is 1.60. The summed E-state index contributed by atoms with van der Waals surface area (Å²) in [6.45, 7) is 3.21. The molecule has 1 aliphatic rings. The molecule has 1 N–H and O–H groups in total. The van der Waals surface area contributed by atoms with Crippen molar-refractivity contribution in [2.45, 2.75) is 19.4 Å². The van der Waals surface area contributed by atoms with Crippen LogP contribution in [0.2, 0.25) is 0 Å². The molecule has 0 unspecified atom stereocenters. The maximum Gasteiger partial charge on any atom is 0.329 e. The smallest absolute Gasteiger partial charge is 0.323 e. The van der Waals surface area contributed by atoms with Crippen LogP contribution in [-0.4, -0.2) is 17.5 Å². The maximum atomic E-state index is 13.0. The molecular weight excluding hydrogens is 211 g/mol. The summed E-state index contributed by atoms with van der Waals surface area (Å²) in [5, 5.41) is 2.53. The van der Waals surface area contributed by atoms with E-state index >= 15 is 0 Å². The summed E-state index contributed by atoms with van der Waals surface area (Å²) in [6.07, 6.45) is 0. The minimum atomic E-state index is -0.941. The van der Waals surface area contributed by atoms with Gasteiger partial charge in [-0.25, -0.2) is 14.1 Å². The Balaban J connectivity index is 2.43. The lowest BCUT2D eigenvalue weighted by atomic mass is 10.1. The molecule has 84 valence electrons. The molecule has 3 amide bonds. The first kappa shape index (κ1) is 10.6. The summed E-state index contributed by atoms with van der Waals surface area (Å²) in [7, 11) is 0. The van der Waals surface area contributed by atoms with E-state index in [1.807, 2.05) is 0 Å². The van der Waals surface area contributed by atoms with Gasteiger partial charge in [0.25, 0.3) is 5.91 Å². The average Bonchev–Trinajstić information content (AvgIpc) is 2.36. The number of imide groups is 1. The van der Waals surface area contributed by atoms with Crippen LogP contribution in [0.15, 0.2) is 24.3 Å². The first-order valence-electron chi connectivity index (χ1n) is 4.84. The number of rotatable bonds is 1. The zero-order chi connectivity index (χ0) is 11.9. The highest BCUT2D eigenvalue weighted by molar-refractivity contribution is 6.22. The molecule has 5 heteroatoms. The van der Waals surface area contributed by atoms with E-state index in [0.717, 1.165) is 11.0 Å². The van der Waals surface area contributed by atoms with Crippen LogP contribution >= 0.6 is 0 Å². The third-order valence-electron chi connectivity index (χ3n) is 2.43. The van der Waals surface area contributed by atoms with Crippen LogP contribution in [0.4, 0.5) is 14.9 Å². The normalized spacial score (nSPS) is 18.8. The molecule has 0 radical (unpaired) electrons. The molecule has 0 aliphatic carbocycles. The van der Waals surface area contributed by atoms with Gasteiger partial charge in [0.15, 0.2) is 0 Å². The van der Waals surface area contributed by atoms with E-state index in [4.69, 9.17) is 0 Å². The minimum Gasteiger partial charge on any atom is -0.323 e. The summed E-state index contributed by atoms with van der Waals surface area (Å²) in [4.78, 5) is 24.4. The predicted molar refractivity (Wildman–Crippen MR) is 56.5 cm³/mol. The second-order valence-electron chi connectivity index (χ2n) is 4.18. The second kappa shape index (κ2) is 3.30. The van der Waals surface area contributed by atoms with Crippen molar-refractivity contribution in [2.75, 3.05) is 4.90 Å². The lowest BCUT2D eigenvalue weighted by Crippen LogP contribution is -2.40. The van der Waals surface area contributed by atoms with Gasteiger partial charge in [-0.2, -0.15) is 0 Å². The monoisotopic (exact) mass is 222 g/mol. The first-order chi connectivity index (χ1) is 7.42.